The largest absolute Gasteiger partial charge is 0.507 e. The molecule has 4 rings (SSSR count). The van der Waals surface area contributed by atoms with Crippen molar-refractivity contribution >= 4 is 17.4 Å². The molecule has 1 atom stereocenters. The highest BCUT2D eigenvalue weighted by Gasteiger charge is 2.46. The summed E-state index contributed by atoms with van der Waals surface area (Å²) in [4.78, 5) is 27.8. The van der Waals surface area contributed by atoms with Crippen molar-refractivity contribution in [3.63, 3.8) is 0 Å². The summed E-state index contributed by atoms with van der Waals surface area (Å²) in [7, 11) is 1.56. The number of carbonyl (C=O) groups is 2. The summed E-state index contributed by atoms with van der Waals surface area (Å²) in [5.74, 6) is -0.998. The lowest BCUT2D eigenvalue weighted by atomic mass is 9.95. The predicted molar refractivity (Wildman–Crippen MR) is 147 cm³/mol. The lowest BCUT2D eigenvalue weighted by molar-refractivity contribution is -0.140. The van der Waals surface area contributed by atoms with Crippen molar-refractivity contribution in [3.8, 4) is 17.2 Å². The van der Waals surface area contributed by atoms with Gasteiger partial charge in [0.05, 0.1) is 18.2 Å². The van der Waals surface area contributed by atoms with Gasteiger partial charge in [0, 0.05) is 25.8 Å². The van der Waals surface area contributed by atoms with Gasteiger partial charge in [0.25, 0.3) is 11.7 Å². The van der Waals surface area contributed by atoms with Gasteiger partial charge in [0.15, 0.2) is 11.5 Å². The van der Waals surface area contributed by atoms with Crippen LogP contribution in [0.5, 0.6) is 17.2 Å². The summed E-state index contributed by atoms with van der Waals surface area (Å²) in [5, 5.41) is 21.5. The molecule has 204 valence electrons. The smallest absolute Gasteiger partial charge is 0.295 e. The maximum atomic E-state index is 13.2. The van der Waals surface area contributed by atoms with Crippen molar-refractivity contribution in [2.45, 2.75) is 32.9 Å². The number of aliphatic hydroxyl groups is 1. The second kappa shape index (κ2) is 12.5. The van der Waals surface area contributed by atoms with E-state index in [1.165, 1.54) is 11.0 Å². The fraction of sp³-hybridized carbons (Fsp3) is 0.290. The fourth-order valence-corrected chi connectivity index (χ4v) is 4.64. The van der Waals surface area contributed by atoms with E-state index in [0.717, 1.165) is 11.1 Å². The molecule has 39 heavy (non-hydrogen) atoms. The Morgan fingerprint density at radius 1 is 1.00 bits per heavy atom. The minimum absolute atomic E-state index is 0.0287. The van der Waals surface area contributed by atoms with Gasteiger partial charge in [0.1, 0.15) is 18.1 Å². The lowest BCUT2D eigenvalue weighted by Gasteiger charge is -2.25. The van der Waals surface area contributed by atoms with E-state index >= 15 is 0 Å². The molecule has 1 aliphatic heterocycles. The summed E-state index contributed by atoms with van der Waals surface area (Å²) in [6, 6.07) is 18.6. The number of likely N-dealkylation sites (tertiary alicyclic amines) is 1. The molecule has 0 unspecified atom stereocenters. The van der Waals surface area contributed by atoms with Crippen LogP contribution in [0.15, 0.2) is 72.3 Å². The lowest BCUT2D eigenvalue weighted by Crippen LogP contribution is -2.31. The number of rotatable bonds is 11. The number of aryl methyl sites for hydroxylation is 1. The van der Waals surface area contributed by atoms with Crippen LogP contribution >= 0.6 is 0 Å². The van der Waals surface area contributed by atoms with Crippen molar-refractivity contribution in [3.05, 3.63) is 94.6 Å². The Labute approximate surface area is 228 Å². The number of carbonyl (C=O) groups excluding carboxylic acids is 2. The molecule has 1 aliphatic rings. The molecule has 0 aliphatic carbocycles. The van der Waals surface area contributed by atoms with Crippen molar-refractivity contribution < 1.29 is 34.0 Å². The number of aliphatic hydroxyl groups excluding tert-OH is 1. The number of hydrogen-bond donors (Lipinski definition) is 2. The molecule has 0 aromatic heterocycles. The SMILES string of the molecule is CCOc1cc([C@H]2C(=C(O)c3ccc(OCc4cccc(C)c4)cc3)C(=O)C(=O)N2CCCOC)ccc1O. The molecular weight excluding hydrogens is 498 g/mol. The molecule has 8 heteroatoms. The molecule has 0 radical (unpaired) electrons. The van der Waals surface area contributed by atoms with Gasteiger partial charge in [0.2, 0.25) is 0 Å². The summed E-state index contributed by atoms with van der Waals surface area (Å²) < 4.78 is 16.5. The standard InChI is InChI=1S/C31H33NO7/c1-4-38-26-18-23(11-14-25(26)33)28-27(30(35)31(36)32(28)15-6-16-37-3)29(34)22-9-12-24(13-10-22)39-19-21-8-5-7-20(2)17-21/h5,7-14,17-18,28,33-34H,4,6,15-16,19H2,1-3H3/t28-/m0/s1. The number of phenolic OH excluding ortho intramolecular Hbond substituents is 1. The van der Waals surface area contributed by atoms with E-state index in [9.17, 15) is 19.8 Å². The number of hydrogen-bond acceptors (Lipinski definition) is 7. The third-order valence-corrected chi connectivity index (χ3v) is 6.50. The van der Waals surface area contributed by atoms with Gasteiger partial charge < -0.3 is 29.3 Å². The average molecular weight is 532 g/mol. The van der Waals surface area contributed by atoms with Crippen LogP contribution in [0.3, 0.4) is 0 Å². The highest BCUT2D eigenvalue weighted by molar-refractivity contribution is 6.46. The average Bonchev–Trinajstić information content (AvgIpc) is 3.18. The first-order valence-electron chi connectivity index (χ1n) is 12.9. The minimum Gasteiger partial charge on any atom is -0.507 e. The summed E-state index contributed by atoms with van der Waals surface area (Å²) in [5.41, 5.74) is 3.07. The van der Waals surface area contributed by atoms with Gasteiger partial charge in [-0.2, -0.15) is 0 Å². The number of methoxy groups -OCH3 is 1. The number of nitrogens with zero attached hydrogens (tertiary/aromatic N) is 1. The van der Waals surface area contributed by atoms with Crippen LogP contribution in [-0.2, 0) is 20.9 Å². The zero-order chi connectivity index (χ0) is 27.9. The number of benzene rings is 3. The normalized spacial score (nSPS) is 16.5. The molecule has 0 saturated carbocycles. The van der Waals surface area contributed by atoms with Crippen molar-refractivity contribution in [1.82, 2.24) is 4.90 Å². The van der Waals surface area contributed by atoms with Gasteiger partial charge in [-0.1, -0.05) is 35.9 Å². The molecule has 0 bridgehead atoms. The van der Waals surface area contributed by atoms with E-state index in [0.29, 0.717) is 43.1 Å². The number of ether oxygens (including phenoxy) is 3. The molecular formula is C31H33NO7. The maximum Gasteiger partial charge on any atom is 0.295 e. The van der Waals surface area contributed by atoms with Gasteiger partial charge >= 0.3 is 0 Å². The maximum absolute atomic E-state index is 13.2. The number of aromatic hydroxyl groups is 1. The predicted octanol–water partition coefficient (Wildman–Crippen LogP) is 5.14. The Morgan fingerprint density at radius 2 is 1.77 bits per heavy atom. The van der Waals surface area contributed by atoms with Crippen LogP contribution in [-0.4, -0.2) is 53.7 Å². The van der Waals surface area contributed by atoms with Crippen LogP contribution in [0.25, 0.3) is 5.76 Å². The molecule has 3 aromatic rings. The zero-order valence-corrected chi connectivity index (χ0v) is 22.3. The van der Waals surface area contributed by atoms with E-state index in [2.05, 4.69) is 0 Å². The molecule has 1 saturated heterocycles. The summed E-state index contributed by atoms with van der Waals surface area (Å²) >= 11 is 0. The first-order chi connectivity index (χ1) is 18.8. The zero-order valence-electron chi connectivity index (χ0n) is 22.3. The highest BCUT2D eigenvalue weighted by Crippen LogP contribution is 2.42. The number of phenols is 1. The van der Waals surface area contributed by atoms with Crippen LogP contribution in [0.2, 0.25) is 0 Å². The molecule has 0 spiro atoms. The van der Waals surface area contributed by atoms with E-state index in [1.54, 1.807) is 50.4 Å². The number of Topliss-reactive ketones (excluding diaryl/α,β-unsaturated/α-hetero) is 1. The fourth-order valence-electron chi connectivity index (χ4n) is 4.64. The van der Waals surface area contributed by atoms with E-state index in [4.69, 9.17) is 14.2 Å². The van der Waals surface area contributed by atoms with Crippen molar-refractivity contribution in [2.24, 2.45) is 0 Å². The Bertz CT molecular complexity index is 1360. The quantitative estimate of drug-likeness (QED) is 0.153. The minimum atomic E-state index is -0.862. The van der Waals surface area contributed by atoms with Crippen LogP contribution < -0.4 is 9.47 Å². The molecule has 1 amide bonds. The van der Waals surface area contributed by atoms with Gasteiger partial charge in [-0.05, 0) is 67.8 Å². The van der Waals surface area contributed by atoms with E-state index in [1.807, 2.05) is 31.2 Å². The molecule has 8 nitrogen and oxygen atoms in total. The summed E-state index contributed by atoms with van der Waals surface area (Å²) in [6.07, 6.45) is 0.503. The van der Waals surface area contributed by atoms with Crippen LogP contribution in [0.4, 0.5) is 0 Å². The first kappa shape index (κ1) is 27.7. The molecule has 3 aromatic carbocycles. The highest BCUT2D eigenvalue weighted by atomic mass is 16.5. The summed E-state index contributed by atoms with van der Waals surface area (Å²) in [6.45, 7) is 5.17. The first-order valence-corrected chi connectivity index (χ1v) is 12.9. The third-order valence-electron chi connectivity index (χ3n) is 6.50. The van der Waals surface area contributed by atoms with Gasteiger partial charge in [-0.15, -0.1) is 0 Å². The monoisotopic (exact) mass is 531 g/mol. The third kappa shape index (κ3) is 6.23. The van der Waals surface area contributed by atoms with Crippen molar-refractivity contribution in [2.75, 3.05) is 26.9 Å². The van der Waals surface area contributed by atoms with Crippen LogP contribution in [0.1, 0.15) is 41.6 Å². The van der Waals surface area contributed by atoms with E-state index in [-0.39, 0.29) is 29.4 Å². The Hall–Kier alpha value is -4.30. The molecule has 1 fully saturated rings. The second-order valence-corrected chi connectivity index (χ2v) is 9.30. The Kier molecular flexibility index (Phi) is 8.88. The van der Waals surface area contributed by atoms with E-state index < -0.39 is 17.7 Å². The number of amides is 1. The van der Waals surface area contributed by atoms with Crippen LogP contribution in [0, 0.1) is 6.92 Å². The van der Waals surface area contributed by atoms with Gasteiger partial charge in [-0.3, -0.25) is 9.59 Å². The Morgan fingerprint density at radius 3 is 2.46 bits per heavy atom. The molecule has 1 heterocycles. The van der Waals surface area contributed by atoms with Crippen molar-refractivity contribution in [1.29, 1.82) is 0 Å². The van der Waals surface area contributed by atoms with Gasteiger partial charge in [-0.25, -0.2) is 0 Å². The topological polar surface area (TPSA) is 106 Å². The second-order valence-electron chi connectivity index (χ2n) is 9.30. The molecule has 2 N–H and O–H groups in total. The Balaban J connectivity index is 1.67. The number of ketones is 1.